The van der Waals surface area contributed by atoms with E-state index in [9.17, 15) is 4.79 Å². The third kappa shape index (κ3) is 3.29. The van der Waals surface area contributed by atoms with Crippen molar-refractivity contribution in [2.24, 2.45) is 0 Å². The van der Waals surface area contributed by atoms with Crippen molar-refractivity contribution < 1.29 is 9.53 Å². The molecule has 2 N–H and O–H groups in total. The zero-order valence-corrected chi connectivity index (χ0v) is 12.0. The van der Waals surface area contributed by atoms with E-state index in [1.807, 2.05) is 6.07 Å². The first kappa shape index (κ1) is 13.4. The van der Waals surface area contributed by atoms with Gasteiger partial charge in [0.1, 0.15) is 0 Å². The SMILES string of the molecule is O=C(CNc1ccc2sccc2c1)NC1CCOCC1. The van der Waals surface area contributed by atoms with Gasteiger partial charge in [-0.25, -0.2) is 0 Å². The molecule has 0 saturated carbocycles. The summed E-state index contributed by atoms with van der Waals surface area (Å²) in [6.45, 7) is 1.80. The quantitative estimate of drug-likeness (QED) is 0.910. The third-order valence-electron chi connectivity index (χ3n) is 3.49. The van der Waals surface area contributed by atoms with E-state index in [2.05, 4.69) is 34.2 Å². The molecule has 3 rings (SSSR count). The Hall–Kier alpha value is -1.59. The van der Waals surface area contributed by atoms with Crippen LogP contribution in [0.25, 0.3) is 10.1 Å². The van der Waals surface area contributed by atoms with Crippen molar-refractivity contribution in [3.8, 4) is 0 Å². The van der Waals surface area contributed by atoms with Crippen LogP contribution in [0.5, 0.6) is 0 Å². The van der Waals surface area contributed by atoms with Crippen LogP contribution in [0.3, 0.4) is 0 Å². The average Bonchev–Trinajstić information content (AvgIpc) is 2.93. The second-order valence-corrected chi connectivity index (χ2v) is 5.93. The lowest BCUT2D eigenvalue weighted by atomic mass is 10.1. The summed E-state index contributed by atoms with van der Waals surface area (Å²) in [5.41, 5.74) is 0.984. The standard InChI is InChI=1S/C15H18N2O2S/c18-15(17-12-3-6-19-7-4-12)10-16-13-1-2-14-11(9-13)5-8-20-14/h1-2,5,8-9,12,16H,3-4,6-7,10H2,(H,17,18). The van der Waals surface area contributed by atoms with Crippen molar-refractivity contribution in [2.75, 3.05) is 25.1 Å². The molecular weight excluding hydrogens is 272 g/mol. The molecular formula is C15H18N2O2S. The first-order chi connectivity index (χ1) is 9.81. The monoisotopic (exact) mass is 290 g/mol. The summed E-state index contributed by atoms with van der Waals surface area (Å²) in [7, 11) is 0. The summed E-state index contributed by atoms with van der Waals surface area (Å²) in [4.78, 5) is 11.9. The summed E-state index contributed by atoms with van der Waals surface area (Å²) < 4.78 is 6.54. The largest absolute Gasteiger partial charge is 0.381 e. The topological polar surface area (TPSA) is 50.4 Å². The Labute approximate surface area is 122 Å². The molecule has 0 unspecified atom stereocenters. The molecule has 1 aliphatic rings. The third-order valence-corrected chi connectivity index (χ3v) is 4.39. The highest BCUT2D eigenvalue weighted by molar-refractivity contribution is 7.17. The highest BCUT2D eigenvalue weighted by Gasteiger charge is 2.15. The van der Waals surface area contributed by atoms with Gasteiger partial charge in [0, 0.05) is 29.6 Å². The Morgan fingerprint density at radius 2 is 2.15 bits per heavy atom. The van der Waals surface area contributed by atoms with Gasteiger partial charge < -0.3 is 15.4 Å². The van der Waals surface area contributed by atoms with Crippen molar-refractivity contribution in [2.45, 2.75) is 18.9 Å². The maximum atomic E-state index is 11.9. The summed E-state index contributed by atoms with van der Waals surface area (Å²) in [6.07, 6.45) is 1.82. The van der Waals surface area contributed by atoms with Crippen LogP contribution in [0.1, 0.15) is 12.8 Å². The number of hydrogen-bond donors (Lipinski definition) is 2. The summed E-state index contributed by atoms with van der Waals surface area (Å²) >= 11 is 1.72. The molecule has 1 aliphatic heterocycles. The number of ether oxygens (including phenoxy) is 1. The molecule has 20 heavy (non-hydrogen) atoms. The lowest BCUT2D eigenvalue weighted by Gasteiger charge is -2.23. The van der Waals surface area contributed by atoms with Gasteiger partial charge in [0.25, 0.3) is 0 Å². The van der Waals surface area contributed by atoms with Crippen molar-refractivity contribution in [1.29, 1.82) is 0 Å². The number of carbonyl (C=O) groups excluding carboxylic acids is 1. The Morgan fingerprint density at radius 3 is 3.00 bits per heavy atom. The molecule has 1 amide bonds. The summed E-state index contributed by atoms with van der Waals surface area (Å²) in [6, 6.07) is 8.53. The lowest BCUT2D eigenvalue weighted by molar-refractivity contribution is -0.120. The van der Waals surface area contributed by atoms with Crippen molar-refractivity contribution >= 4 is 33.0 Å². The van der Waals surface area contributed by atoms with Crippen LogP contribution in [0.15, 0.2) is 29.6 Å². The van der Waals surface area contributed by atoms with E-state index in [-0.39, 0.29) is 11.9 Å². The van der Waals surface area contributed by atoms with Crippen LogP contribution in [0.4, 0.5) is 5.69 Å². The van der Waals surface area contributed by atoms with Gasteiger partial charge in [-0.15, -0.1) is 11.3 Å². The highest BCUT2D eigenvalue weighted by Crippen LogP contribution is 2.23. The Morgan fingerprint density at radius 1 is 1.30 bits per heavy atom. The number of carbonyl (C=O) groups is 1. The number of fused-ring (bicyclic) bond motifs is 1. The molecule has 1 fully saturated rings. The normalized spacial score (nSPS) is 16.2. The minimum atomic E-state index is 0.0438. The van der Waals surface area contributed by atoms with Gasteiger partial charge in [-0.2, -0.15) is 0 Å². The van der Waals surface area contributed by atoms with Gasteiger partial charge in [0.15, 0.2) is 0 Å². The first-order valence-electron chi connectivity index (χ1n) is 6.89. The fraction of sp³-hybridized carbons (Fsp3) is 0.400. The molecule has 0 spiro atoms. The Kier molecular flexibility index (Phi) is 4.18. The maximum absolute atomic E-state index is 11.9. The number of thiophene rings is 1. The van der Waals surface area contributed by atoms with E-state index >= 15 is 0 Å². The number of benzene rings is 1. The van der Waals surface area contributed by atoms with Crippen LogP contribution >= 0.6 is 11.3 Å². The summed E-state index contributed by atoms with van der Waals surface area (Å²) in [5.74, 6) is 0.0438. The number of rotatable bonds is 4. The van der Waals surface area contributed by atoms with Gasteiger partial charge in [-0.3, -0.25) is 4.79 Å². The molecule has 2 aromatic rings. The van der Waals surface area contributed by atoms with Crippen LogP contribution in [0.2, 0.25) is 0 Å². The number of nitrogens with one attached hydrogen (secondary N) is 2. The van der Waals surface area contributed by atoms with Crippen LogP contribution in [0, 0.1) is 0 Å². The van der Waals surface area contributed by atoms with Gasteiger partial charge in [0.05, 0.1) is 6.54 Å². The molecule has 0 bridgehead atoms. The zero-order valence-electron chi connectivity index (χ0n) is 11.2. The van der Waals surface area contributed by atoms with E-state index in [1.54, 1.807) is 11.3 Å². The van der Waals surface area contributed by atoms with E-state index in [1.165, 1.54) is 10.1 Å². The van der Waals surface area contributed by atoms with Gasteiger partial charge >= 0.3 is 0 Å². The molecule has 0 aliphatic carbocycles. The molecule has 1 saturated heterocycles. The van der Waals surface area contributed by atoms with E-state index in [0.29, 0.717) is 6.54 Å². The van der Waals surface area contributed by atoms with E-state index in [4.69, 9.17) is 4.74 Å². The average molecular weight is 290 g/mol. The second-order valence-electron chi connectivity index (χ2n) is 4.98. The van der Waals surface area contributed by atoms with Gasteiger partial charge in [-0.1, -0.05) is 0 Å². The molecule has 2 heterocycles. The van der Waals surface area contributed by atoms with Gasteiger partial charge in [-0.05, 0) is 47.9 Å². The Bertz CT molecular complexity index is 590. The fourth-order valence-electron chi connectivity index (χ4n) is 2.38. The van der Waals surface area contributed by atoms with E-state index in [0.717, 1.165) is 31.7 Å². The Balaban J connectivity index is 1.51. The molecule has 1 aromatic carbocycles. The minimum absolute atomic E-state index is 0.0438. The predicted octanol–water partition coefficient (Wildman–Crippen LogP) is 2.61. The van der Waals surface area contributed by atoms with Crippen LogP contribution < -0.4 is 10.6 Å². The van der Waals surface area contributed by atoms with Crippen LogP contribution in [-0.2, 0) is 9.53 Å². The number of hydrogen-bond acceptors (Lipinski definition) is 4. The predicted molar refractivity (Wildman–Crippen MR) is 82.3 cm³/mol. The summed E-state index contributed by atoms with van der Waals surface area (Å²) in [5, 5.41) is 9.51. The van der Waals surface area contributed by atoms with Crippen molar-refractivity contribution in [3.05, 3.63) is 29.6 Å². The number of anilines is 1. The second kappa shape index (κ2) is 6.24. The highest BCUT2D eigenvalue weighted by atomic mass is 32.1. The van der Waals surface area contributed by atoms with Crippen LogP contribution in [-0.4, -0.2) is 31.7 Å². The molecule has 0 radical (unpaired) electrons. The maximum Gasteiger partial charge on any atom is 0.239 e. The molecule has 0 atom stereocenters. The molecule has 4 nitrogen and oxygen atoms in total. The van der Waals surface area contributed by atoms with Crippen molar-refractivity contribution in [1.82, 2.24) is 5.32 Å². The zero-order chi connectivity index (χ0) is 13.8. The molecule has 5 heteroatoms. The first-order valence-corrected chi connectivity index (χ1v) is 7.77. The lowest BCUT2D eigenvalue weighted by Crippen LogP contribution is -2.41. The van der Waals surface area contributed by atoms with Crippen molar-refractivity contribution in [3.63, 3.8) is 0 Å². The molecule has 106 valence electrons. The smallest absolute Gasteiger partial charge is 0.239 e. The minimum Gasteiger partial charge on any atom is -0.381 e. The van der Waals surface area contributed by atoms with E-state index < -0.39 is 0 Å². The molecule has 1 aromatic heterocycles. The fourth-order valence-corrected chi connectivity index (χ4v) is 3.15. The van der Waals surface area contributed by atoms with Gasteiger partial charge in [0.2, 0.25) is 5.91 Å². The number of amides is 1.